The van der Waals surface area contributed by atoms with Gasteiger partial charge < -0.3 is 15.4 Å². The highest BCUT2D eigenvalue weighted by Gasteiger charge is 2.25. The molecule has 0 aromatic carbocycles. The Hall–Kier alpha value is -0.810. The number of ether oxygens (including phenoxy) is 1. The molecule has 0 radical (unpaired) electrons. The van der Waals surface area contributed by atoms with E-state index < -0.39 is 5.60 Å². The lowest BCUT2D eigenvalue weighted by atomic mass is 10.2. The van der Waals surface area contributed by atoms with Crippen molar-refractivity contribution in [3.63, 3.8) is 0 Å². The van der Waals surface area contributed by atoms with Crippen molar-refractivity contribution in [2.45, 2.75) is 26.4 Å². The van der Waals surface area contributed by atoms with Gasteiger partial charge in [0.2, 0.25) is 0 Å². The Morgan fingerprint density at radius 3 is 2.25 bits per heavy atom. The molecule has 0 aromatic rings. The van der Waals surface area contributed by atoms with E-state index in [9.17, 15) is 4.79 Å². The molecule has 5 heteroatoms. The zero-order valence-electron chi connectivity index (χ0n) is 10.7. The minimum Gasteiger partial charge on any atom is -0.444 e. The number of rotatable bonds is 2. The molecule has 1 rings (SSSR count). The largest absolute Gasteiger partial charge is 0.444 e. The van der Waals surface area contributed by atoms with E-state index in [0.29, 0.717) is 0 Å². The topological polar surface area (TPSA) is 60.4 Å². The summed E-state index contributed by atoms with van der Waals surface area (Å²) in [5.74, 6) is 0. The van der Waals surface area contributed by atoms with Crippen LogP contribution in [-0.2, 0) is 4.74 Å². The smallest absolute Gasteiger partial charge is 0.410 e. The van der Waals surface area contributed by atoms with Gasteiger partial charge in [0.1, 0.15) is 5.60 Å². The fourth-order valence-corrected chi connectivity index (χ4v) is 1.70. The molecule has 0 aliphatic carbocycles. The summed E-state index contributed by atoms with van der Waals surface area (Å²) in [6.45, 7) is 11.0. The van der Waals surface area contributed by atoms with Gasteiger partial charge in [0.05, 0.1) is 6.54 Å². The number of hydrogen-bond donors (Lipinski definition) is 1. The standard InChI is InChI=1S/C11H23N3O2/c1-11(2,3)16-10(15)14-8-6-13(5-4-12)7-9-14/h4-9,12H2,1-3H3/p+1. The third-order valence-electron chi connectivity index (χ3n) is 2.50. The van der Waals surface area contributed by atoms with Crippen molar-refractivity contribution in [3.05, 3.63) is 0 Å². The highest BCUT2D eigenvalue weighted by atomic mass is 16.6. The van der Waals surface area contributed by atoms with Crippen LogP contribution in [0.2, 0.25) is 0 Å². The maximum absolute atomic E-state index is 11.8. The predicted molar refractivity (Wildman–Crippen MR) is 62.0 cm³/mol. The monoisotopic (exact) mass is 230 g/mol. The van der Waals surface area contributed by atoms with E-state index in [1.807, 2.05) is 20.8 Å². The average molecular weight is 230 g/mol. The quantitative estimate of drug-likeness (QED) is 0.713. The molecule has 3 N–H and O–H groups in total. The van der Waals surface area contributed by atoms with E-state index in [1.165, 1.54) is 0 Å². The normalized spacial score (nSPS) is 18.6. The first-order chi connectivity index (χ1) is 7.42. The van der Waals surface area contributed by atoms with Gasteiger partial charge in [-0.05, 0) is 20.8 Å². The van der Waals surface area contributed by atoms with Gasteiger partial charge in [-0.25, -0.2) is 4.79 Å². The first-order valence-corrected chi connectivity index (χ1v) is 5.92. The number of hydrogen-bond acceptors (Lipinski definition) is 3. The first-order valence-electron chi connectivity index (χ1n) is 5.92. The van der Waals surface area contributed by atoms with E-state index >= 15 is 0 Å². The lowest BCUT2D eigenvalue weighted by molar-refractivity contribution is -0.369. The highest BCUT2D eigenvalue weighted by Crippen LogP contribution is 2.11. The van der Waals surface area contributed by atoms with Crippen LogP contribution in [0.1, 0.15) is 20.8 Å². The summed E-state index contributed by atoms with van der Waals surface area (Å²) >= 11 is 0. The van der Waals surface area contributed by atoms with Crippen LogP contribution in [0.25, 0.3) is 0 Å². The molecule has 16 heavy (non-hydrogen) atoms. The van der Waals surface area contributed by atoms with Crippen LogP contribution in [0.4, 0.5) is 4.79 Å². The molecule has 0 aromatic heterocycles. The zero-order valence-corrected chi connectivity index (χ0v) is 10.7. The predicted octanol–water partition coefficient (Wildman–Crippen LogP) is -0.219. The molecule has 0 unspecified atom stereocenters. The second kappa shape index (κ2) is 5.50. The summed E-state index contributed by atoms with van der Waals surface area (Å²) in [6.07, 6.45) is -0.193. The molecule has 1 heterocycles. The Bertz CT molecular complexity index is 230. The number of piperazine rings is 1. The molecule has 1 aliphatic rings. The minimum atomic E-state index is -0.401. The van der Waals surface area contributed by atoms with Gasteiger partial charge in [-0.15, -0.1) is 0 Å². The van der Waals surface area contributed by atoms with E-state index in [2.05, 4.69) is 10.6 Å². The summed E-state index contributed by atoms with van der Waals surface area (Å²) in [7, 11) is 0. The van der Waals surface area contributed by atoms with E-state index in [4.69, 9.17) is 4.74 Å². The Labute approximate surface area is 97.5 Å². The number of amides is 1. The van der Waals surface area contributed by atoms with Crippen LogP contribution in [0, 0.1) is 0 Å². The second-order valence-corrected chi connectivity index (χ2v) is 5.16. The molecule has 0 bridgehead atoms. The van der Waals surface area contributed by atoms with Crippen molar-refractivity contribution < 1.29 is 15.3 Å². The minimum absolute atomic E-state index is 0.193. The number of nitrogens with zero attached hydrogens (tertiary/aromatic N) is 2. The lowest BCUT2D eigenvalue weighted by Crippen LogP contribution is -2.58. The molecular formula is C11H24N3O2+. The fourth-order valence-electron chi connectivity index (χ4n) is 1.70. The maximum Gasteiger partial charge on any atom is 0.410 e. The van der Waals surface area contributed by atoms with Crippen molar-refractivity contribution in [1.82, 2.24) is 9.80 Å². The Kier molecular flexibility index (Phi) is 4.56. The van der Waals surface area contributed by atoms with Crippen molar-refractivity contribution in [3.8, 4) is 0 Å². The molecule has 1 amide bonds. The van der Waals surface area contributed by atoms with Gasteiger partial charge >= 0.3 is 6.09 Å². The van der Waals surface area contributed by atoms with Crippen LogP contribution < -0.4 is 5.73 Å². The Balaban J connectivity index is 2.33. The summed E-state index contributed by atoms with van der Waals surface area (Å²) in [4.78, 5) is 15.9. The SMILES string of the molecule is CC(C)(C)OC(=O)N1CCN(CC[NH3+])CC1. The molecule has 1 fully saturated rings. The summed E-state index contributed by atoms with van der Waals surface area (Å²) in [5.41, 5.74) is 3.43. The van der Waals surface area contributed by atoms with E-state index in [0.717, 1.165) is 39.3 Å². The van der Waals surface area contributed by atoms with Crippen LogP contribution in [-0.4, -0.2) is 60.8 Å². The molecule has 0 atom stereocenters. The van der Waals surface area contributed by atoms with Crippen molar-refractivity contribution in [2.24, 2.45) is 0 Å². The van der Waals surface area contributed by atoms with Crippen LogP contribution >= 0.6 is 0 Å². The van der Waals surface area contributed by atoms with Gasteiger partial charge in [0.25, 0.3) is 0 Å². The number of carbonyl (C=O) groups excluding carboxylic acids is 1. The van der Waals surface area contributed by atoms with Gasteiger partial charge in [0, 0.05) is 32.7 Å². The second-order valence-electron chi connectivity index (χ2n) is 5.16. The molecule has 94 valence electrons. The van der Waals surface area contributed by atoms with Crippen molar-refractivity contribution >= 4 is 6.09 Å². The van der Waals surface area contributed by atoms with E-state index in [1.54, 1.807) is 4.90 Å². The average Bonchev–Trinajstić information content (AvgIpc) is 2.16. The summed E-state index contributed by atoms with van der Waals surface area (Å²) in [6, 6.07) is 0. The number of quaternary nitrogens is 1. The van der Waals surface area contributed by atoms with Gasteiger partial charge in [-0.1, -0.05) is 0 Å². The third kappa shape index (κ3) is 4.37. The number of carbonyl (C=O) groups is 1. The zero-order chi connectivity index (χ0) is 12.2. The highest BCUT2D eigenvalue weighted by molar-refractivity contribution is 5.68. The van der Waals surface area contributed by atoms with E-state index in [-0.39, 0.29) is 6.09 Å². The van der Waals surface area contributed by atoms with Crippen LogP contribution in [0.3, 0.4) is 0 Å². The summed E-state index contributed by atoms with van der Waals surface area (Å²) < 4.78 is 5.33. The molecule has 0 spiro atoms. The Morgan fingerprint density at radius 2 is 1.81 bits per heavy atom. The molecule has 5 nitrogen and oxygen atoms in total. The third-order valence-corrected chi connectivity index (χ3v) is 2.50. The lowest BCUT2D eigenvalue weighted by Gasteiger charge is -2.35. The van der Waals surface area contributed by atoms with Gasteiger partial charge in [-0.3, -0.25) is 4.90 Å². The van der Waals surface area contributed by atoms with Crippen LogP contribution in [0.5, 0.6) is 0 Å². The molecule has 0 saturated carbocycles. The molecule has 1 aliphatic heterocycles. The van der Waals surface area contributed by atoms with Gasteiger partial charge in [-0.2, -0.15) is 0 Å². The van der Waals surface area contributed by atoms with Crippen LogP contribution in [0.15, 0.2) is 0 Å². The fraction of sp³-hybridized carbons (Fsp3) is 0.909. The molecular weight excluding hydrogens is 206 g/mol. The van der Waals surface area contributed by atoms with Crippen molar-refractivity contribution in [1.29, 1.82) is 0 Å². The van der Waals surface area contributed by atoms with Gasteiger partial charge in [0.15, 0.2) is 0 Å². The Morgan fingerprint density at radius 1 is 1.25 bits per heavy atom. The summed E-state index contributed by atoms with van der Waals surface area (Å²) in [5, 5.41) is 0. The first kappa shape index (κ1) is 13.3. The molecule has 1 saturated heterocycles. The maximum atomic E-state index is 11.8. The van der Waals surface area contributed by atoms with Crippen molar-refractivity contribution in [2.75, 3.05) is 39.3 Å².